The maximum Gasteiger partial charge on any atom is 0.189 e. The van der Waals surface area contributed by atoms with Crippen LogP contribution >= 0.6 is 22.7 Å². The third-order valence-corrected chi connectivity index (χ3v) is 6.55. The zero-order valence-electron chi connectivity index (χ0n) is 16.5. The monoisotopic (exact) mass is 422 g/mol. The second-order valence-corrected chi connectivity index (χ2v) is 8.76. The van der Waals surface area contributed by atoms with Gasteiger partial charge < -0.3 is 15.8 Å². The highest BCUT2D eigenvalue weighted by molar-refractivity contribution is 7.23. The number of nitrogens with two attached hydrogens (primary N) is 1. The minimum Gasteiger partial charge on any atom is -0.497 e. The summed E-state index contributed by atoms with van der Waals surface area (Å²) in [4.78, 5) is 10.1. The van der Waals surface area contributed by atoms with Gasteiger partial charge in [0.25, 0.3) is 0 Å². The molecular formula is C22H22N4OS2. The molecule has 2 aromatic heterocycles. The van der Waals surface area contributed by atoms with Gasteiger partial charge in [-0.2, -0.15) is 0 Å². The van der Waals surface area contributed by atoms with Gasteiger partial charge in [-0.05, 0) is 47.9 Å². The Kier molecular flexibility index (Phi) is 5.51. The van der Waals surface area contributed by atoms with Gasteiger partial charge in [0.1, 0.15) is 21.5 Å². The highest BCUT2D eigenvalue weighted by Crippen LogP contribution is 2.39. The molecule has 0 spiro atoms. The van der Waals surface area contributed by atoms with Crippen LogP contribution in [-0.2, 0) is 0 Å². The molecule has 29 heavy (non-hydrogen) atoms. The first-order valence-corrected chi connectivity index (χ1v) is 11.0. The first kappa shape index (κ1) is 19.4. The lowest BCUT2D eigenvalue weighted by molar-refractivity contribution is 0.415. The van der Waals surface area contributed by atoms with Gasteiger partial charge in [-0.15, -0.1) is 11.3 Å². The van der Waals surface area contributed by atoms with Crippen LogP contribution in [0.5, 0.6) is 5.75 Å². The highest BCUT2D eigenvalue weighted by atomic mass is 32.1. The van der Waals surface area contributed by atoms with Crippen molar-refractivity contribution in [1.82, 2.24) is 9.97 Å². The molecular weight excluding hydrogens is 400 g/mol. The summed E-state index contributed by atoms with van der Waals surface area (Å²) in [7, 11) is 1.66. The van der Waals surface area contributed by atoms with E-state index in [1.807, 2.05) is 29.6 Å². The normalized spacial score (nSPS) is 11.0. The number of hydrogen-bond acceptors (Lipinski definition) is 7. The van der Waals surface area contributed by atoms with Crippen molar-refractivity contribution in [3.8, 4) is 26.9 Å². The predicted octanol–water partition coefficient (Wildman–Crippen LogP) is 6.39. The van der Waals surface area contributed by atoms with E-state index in [2.05, 4.69) is 48.4 Å². The number of thiazole rings is 2. The lowest BCUT2D eigenvalue weighted by Gasteiger charge is -2.07. The van der Waals surface area contributed by atoms with E-state index in [0.29, 0.717) is 11.7 Å². The average molecular weight is 423 g/mol. The molecule has 0 saturated heterocycles. The fourth-order valence-corrected chi connectivity index (χ4v) is 4.72. The summed E-state index contributed by atoms with van der Waals surface area (Å²) < 4.78 is 5.22. The summed E-state index contributed by atoms with van der Waals surface area (Å²) in [5.74, 6) is 1.83. The van der Waals surface area contributed by atoms with E-state index in [1.54, 1.807) is 18.4 Å². The largest absolute Gasteiger partial charge is 0.497 e. The van der Waals surface area contributed by atoms with Crippen molar-refractivity contribution >= 4 is 39.3 Å². The van der Waals surface area contributed by atoms with E-state index in [4.69, 9.17) is 15.5 Å². The van der Waals surface area contributed by atoms with Gasteiger partial charge in [-0.25, -0.2) is 9.97 Å². The topological polar surface area (TPSA) is 73.1 Å². The smallest absolute Gasteiger partial charge is 0.189 e. The lowest BCUT2D eigenvalue weighted by Crippen LogP contribution is -1.92. The maximum absolute atomic E-state index is 6.19. The van der Waals surface area contributed by atoms with Crippen molar-refractivity contribution in [2.45, 2.75) is 19.8 Å². The number of aromatic nitrogens is 2. The van der Waals surface area contributed by atoms with E-state index in [0.717, 1.165) is 37.7 Å². The van der Waals surface area contributed by atoms with Gasteiger partial charge >= 0.3 is 0 Å². The minimum atomic E-state index is 0.493. The molecule has 0 unspecified atom stereocenters. The Hall–Kier alpha value is -2.90. The third-order valence-electron chi connectivity index (χ3n) is 4.57. The van der Waals surface area contributed by atoms with E-state index in [-0.39, 0.29) is 0 Å². The van der Waals surface area contributed by atoms with Gasteiger partial charge in [0.05, 0.1) is 12.8 Å². The van der Waals surface area contributed by atoms with Gasteiger partial charge in [0, 0.05) is 16.6 Å². The molecule has 0 saturated carbocycles. The number of ether oxygens (including phenoxy) is 1. The molecule has 0 radical (unpaired) electrons. The molecule has 0 atom stereocenters. The fourth-order valence-electron chi connectivity index (χ4n) is 2.89. The Morgan fingerprint density at radius 1 is 1.00 bits per heavy atom. The summed E-state index contributed by atoms with van der Waals surface area (Å²) in [6.45, 7) is 4.37. The van der Waals surface area contributed by atoms with Crippen molar-refractivity contribution in [1.29, 1.82) is 0 Å². The number of methoxy groups -OCH3 is 1. The molecule has 0 aliphatic rings. The SMILES string of the molecule is COc1ccc(-c2csc(-c3sc(Nc4ccc(C(C)C)cc4)nc3N)n2)cc1. The summed E-state index contributed by atoms with van der Waals surface area (Å²) >= 11 is 3.08. The highest BCUT2D eigenvalue weighted by Gasteiger charge is 2.15. The number of nitrogens with one attached hydrogen (secondary N) is 1. The van der Waals surface area contributed by atoms with Gasteiger partial charge in [-0.1, -0.05) is 37.3 Å². The van der Waals surface area contributed by atoms with Crippen molar-refractivity contribution in [2.24, 2.45) is 0 Å². The van der Waals surface area contributed by atoms with E-state index >= 15 is 0 Å². The Morgan fingerprint density at radius 2 is 1.72 bits per heavy atom. The number of nitrogen functional groups attached to an aromatic ring is 1. The molecule has 2 aromatic carbocycles. The van der Waals surface area contributed by atoms with E-state index < -0.39 is 0 Å². The zero-order valence-corrected chi connectivity index (χ0v) is 18.1. The van der Waals surface area contributed by atoms with Gasteiger partial charge in [-0.3, -0.25) is 0 Å². The quantitative estimate of drug-likeness (QED) is 0.376. The molecule has 0 aliphatic carbocycles. The van der Waals surface area contributed by atoms with Crippen LogP contribution in [-0.4, -0.2) is 17.1 Å². The van der Waals surface area contributed by atoms with Gasteiger partial charge in [0.2, 0.25) is 0 Å². The number of rotatable bonds is 6. The average Bonchev–Trinajstić information content (AvgIpc) is 3.35. The molecule has 2 heterocycles. The summed E-state index contributed by atoms with van der Waals surface area (Å²) in [5, 5.41) is 7.01. The first-order chi connectivity index (χ1) is 14.0. The zero-order chi connectivity index (χ0) is 20.4. The Morgan fingerprint density at radius 3 is 2.38 bits per heavy atom. The summed E-state index contributed by atoms with van der Waals surface area (Å²) in [6, 6.07) is 16.3. The van der Waals surface area contributed by atoms with E-state index in [1.165, 1.54) is 16.9 Å². The van der Waals surface area contributed by atoms with Crippen LogP contribution in [0.2, 0.25) is 0 Å². The Balaban J connectivity index is 1.54. The molecule has 4 aromatic rings. The minimum absolute atomic E-state index is 0.493. The summed E-state index contributed by atoms with van der Waals surface area (Å²) in [5.41, 5.74) is 10.4. The summed E-state index contributed by atoms with van der Waals surface area (Å²) in [6.07, 6.45) is 0. The standard InChI is InChI=1S/C22H22N4OS2/c1-13(2)14-4-8-16(9-5-14)24-22-26-20(23)19(29-22)21-25-18(12-28-21)15-6-10-17(27-3)11-7-15/h4-13H,23H2,1-3H3,(H,24,26). The van der Waals surface area contributed by atoms with Crippen molar-refractivity contribution in [3.05, 3.63) is 59.5 Å². The molecule has 0 amide bonds. The lowest BCUT2D eigenvalue weighted by atomic mass is 10.0. The number of hydrogen-bond donors (Lipinski definition) is 2. The van der Waals surface area contributed by atoms with Crippen molar-refractivity contribution in [2.75, 3.05) is 18.2 Å². The number of benzene rings is 2. The number of nitrogens with zero attached hydrogens (tertiary/aromatic N) is 2. The van der Waals surface area contributed by atoms with Crippen LogP contribution in [0.15, 0.2) is 53.9 Å². The Labute approximate surface area is 178 Å². The molecule has 7 heteroatoms. The maximum atomic E-state index is 6.19. The van der Waals surface area contributed by atoms with Gasteiger partial charge in [0.15, 0.2) is 5.13 Å². The predicted molar refractivity (Wildman–Crippen MR) is 123 cm³/mol. The molecule has 5 nitrogen and oxygen atoms in total. The van der Waals surface area contributed by atoms with Crippen LogP contribution in [0.1, 0.15) is 25.3 Å². The van der Waals surface area contributed by atoms with Crippen LogP contribution in [0, 0.1) is 0 Å². The van der Waals surface area contributed by atoms with Crippen molar-refractivity contribution in [3.63, 3.8) is 0 Å². The van der Waals surface area contributed by atoms with Crippen LogP contribution in [0.4, 0.5) is 16.6 Å². The van der Waals surface area contributed by atoms with E-state index in [9.17, 15) is 0 Å². The first-order valence-electron chi connectivity index (χ1n) is 9.27. The number of anilines is 3. The Bertz CT molecular complexity index is 1100. The molecule has 0 fully saturated rings. The fraction of sp³-hybridized carbons (Fsp3) is 0.182. The molecule has 4 rings (SSSR count). The third kappa shape index (κ3) is 4.26. The molecule has 0 aliphatic heterocycles. The molecule has 3 N–H and O–H groups in total. The molecule has 148 valence electrons. The van der Waals surface area contributed by atoms with Crippen LogP contribution < -0.4 is 15.8 Å². The second-order valence-electron chi connectivity index (χ2n) is 6.90. The van der Waals surface area contributed by atoms with Crippen LogP contribution in [0.25, 0.3) is 21.1 Å². The van der Waals surface area contributed by atoms with Crippen LogP contribution in [0.3, 0.4) is 0 Å². The molecule has 0 bridgehead atoms. The van der Waals surface area contributed by atoms with Crippen molar-refractivity contribution < 1.29 is 4.74 Å². The second kappa shape index (κ2) is 8.23.